The molecule has 2 aromatic rings. The third kappa shape index (κ3) is 4.37. The smallest absolute Gasteiger partial charge is 0.185 e. The van der Waals surface area contributed by atoms with E-state index in [-0.39, 0.29) is 10.5 Å². The lowest BCUT2D eigenvalue weighted by Gasteiger charge is -2.26. The molecule has 25 heavy (non-hydrogen) atoms. The second-order valence-corrected chi connectivity index (χ2v) is 8.32. The third-order valence-electron chi connectivity index (χ3n) is 4.06. The largest absolute Gasteiger partial charge is 0.396 e. The summed E-state index contributed by atoms with van der Waals surface area (Å²) in [5.41, 5.74) is -0.276. The van der Waals surface area contributed by atoms with Gasteiger partial charge in [0.15, 0.2) is 9.84 Å². The summed E-state index contributed by atoms with van der Waals surface area (Å²) < 4.78 is 54.3. The van der Waals surface area contributed by atoms with Crippen molar-refractivity contribution in [3.8, 4) is 0 Å². The molecule has 0 aliphatic rings. The van der Waals surface area contributed by atoms with Gasteiger partial charge in [0.2, 0.25) is 0 Å². The second kappa shape index (κ2) is 8.25. The van der Waals surface area contributed by atoms with Crippen LogP contribution in [-0.2, 0) is 9.84 Å². The van der Waals surface area contributed by atoms with Crippen LogP contribution in [0.1, 0.15) is 30.6 Å². The molecule has 3 nitrogen and oxygen atoms in total. The highest BCUT2D eigenvalue weighted by Crippen LogP contribution is 2.39. The monoisotopic (exact) mass is 388 g/mol. The molecule has 0 fully saturated rings. The average molecular weight is 389 g/mol. The maximum atomic E-state index is 14.3. The number of benzene rings is 2. The number of aliphatic hydroxyl groups is 1. The summed E-state index contributed by atoms with van der Waals surface area (Å²) in [6.45, 7) is 1.37. The minimum absolute atomic E-state index is 0.0554. The second-order valence-electron chi connectivity index (χ2n) is 5.82. The van der Waals surface area contributed by atoms with E-state index in [1.54, 1.807) is 0 Å². The van der Waals surface area contributed by atoms with Gasteiger partial charge < -0.3 is 5.11 Å². The van der Waals surface area contributed by atoms with Gasteiger partial charge in [-0.1, -0.05) is 24.9 Å². The maximum absolute atomic E-state index is 14.3. The van der Waals surface area contributed by atoms with E-state index < -0.39 is 39.2 Å². The first kappa shape index (κ1) is 19.8. The van der Waals surface area contributed by atoms with E-state index in [1.165, 1.54) is 24.3 Å². The van der Waals surface area contributed by atoms with E-state index >= 15 is 0 Å². The summed E-state index contributed by atoms with van der Waals surface area (Å²) in [4.78, 5) is -0.0554. The quantitative estimate of drug-likeness (QED) is 0.757. The van der Waals surface area contributed by atoms with Gasteiger partial charge in [-0.25, -0.2) is 17.2 Å². The fraction of sp³-hybridized carbons (Fsp3) is 0.333. The Morgan fingerprint density at radius 3 is 2.32 bits per heavy atom. The van der Waals surface area contributed by atoms with Crippen LogP contribution in [0.3, 0.4) is 0 Å². The molecular formula is C18H19ClF2O3S. The number of hydrogen-bond acceptors (Lipinski definition) is 3. The lowest BCUT2D eigenvalue weighted by atomic mass is 9.94. The topological polar surface area (TPSA) is 54.4 Å². The molecule has 2 unspecified atom stereocenters. The summed E-state index contributed by atoms with van der Waals surface area (Å²) >= 11 is 5.80. The van der Waals surface area contributed by atoms with Crippen LogP contribution >= 0.6 is 11.6 Å². The van der Waals surface area contributed by atoms with E-state index in [1.807, 2.05) is 6.92 Å². The molecule has 0 spiro atoms. The first-order valence-corrected chi connectivity index (χ1v) is 9.79. The molecule has 0 radical (unpaired) electrons. The number of hydrogen-bond donors (Lipinski definition) is 1. The summed E-state index contributed by atoms with van der Waals surface area (Å²) in [5.74, 6) is -2.32. The van der Waals surface area contributed by atoms with Crippen molar-refractivity contribution in [3.63, 3.8) is 0 Å². The first-order valence-electron chi connectivity index (χ1n) is 7.86. The predicted molar refractivity (Wildman–Crippen MR) is 93.2 cm³/mol. The van der Waals surface area contributed by atoms with Crippen LogP contribution in [0.2, 0.25) is 5.02 Å². The van der Waals surface area contributed by atoms with Gasteiger partial charge in [0.05, 0.1) is 10.1 Å². The standard InChI is InChI=1S/C18H19ClF2O3S/c1-2-3-12(11-22)18(16-10-14(20)6-9-17(16)21)25(23,24)15-7-4-13(19)5-8-15/h4-10,12,18,22H,2-3,11H2,1H3. The molecule has 0 saturated carbocycles. The minimum Gasteiger partial charge on any atom is -0.396 e. The Hall–Kier alpha value is -1.50. The van der Waals surface area contributed by atoms with Gasteiger partial charge in [-0.2, -0.15) is 0 Å². The lowest BCUT2D eigenvalue weighted by Crippen LogP contribution is -2.26. The number of halogens is 3. The van der Waals surface area contributed by atoms with E-state index in [9.17, 15) is 22.3 Å². The SMILES string of the molecule is CCCC(CO)C(c1cc(F)ccc1F)S(=O)(=O)c1ccc(Cl)cc1. The fourth-order valence-electron chi connectivity index (χ4n) is 2.89. The van der Waals surface area contributed by atoms with Gasteiger partial charge >= 0.3 is 0 Å². The van der Waals surface area contributed by atoms with Crippen molar-refractivity contribution in [3.05, 3.63) is 64.7 Å². The highest BCUT2D eigenvalue weighted by atomic mass is 35.5. The molecule has 2 atom stereocenters. The van der Waals surface area contributed by atoms with Crippen molar-refractivity contribution >= 4 is 21.4 Å². The van der Waals surface area contributed by atoms with Crippen molar-refractivity contribution in [1.82, 2.24) is 0 Å². The molecule has 0 heterocycles. The Balaban J connectivity index is 2.65. The van der Waals surface area contributed by atoms with Gasteiger partial charge in [0, 0.05) is 23.1 Å². The van der Waals surface area contributed by atoms with Crippen LogP contribution in [-0.4, -0.2) is 20.1 Å². The molecule has 0 aliphatic carbocycles. The molecule has 0 aromatic heterocycles. The van der Waals surface area contributed by atoms with E-state index in [4.69, 9.17) is 11.6 Å². The van der Waals surface area contributed by atoms with Crippen LogP contribution < -0.4 is 0 Å². The van der Waals surface area contributed by atoms with Gasteiger partial charge in [-0.15, -0.1) is 0 Å². The maximum Gasteiger partial charge on any atom is 0.185 e. The predicted octanol–water partition coefficient (Wildman–Crippen LogP) is 4.54. The fourth-order valence-corrected chi connectivity index (χ4v) is 5.07. The molecular weight excluding hydrogens is 370 g/mol. The van der Waals surface area contributed by atoms with Gasteiger partial charge in [-0.3, -0.25) is 0 Å². The Kier molecular flexibility index (Phi) is 6.54. The summed E-state index contributed by atoms with van der Waals surface area (Å²) in [6, 6.07) is 8.19. The molecule has 7 heteroatoms. The Morgan fingerprint density at radius 1 is 1.12 bits per heavy atom. The molecule has 0 saturated heterocycles. The Bertz CT molecular complexity index is 823. The average Bonchev–Trinajstić information content (AvgIpc) is 2.57. The number of rotatable bonds is 7. The molecule has 136 valence electrons. The molecule has 0 amide bonds. The molecule has 0 bridgehead atoms. The summed E-state index contributed by atoms with van der Waals surface area (Å²) in [5, 5.41) is 8.67. The van der Waals surface area contributed by atoms with Crippen molar-refractivity contribution in [2.24, 2.45) is 5.92 Å². The van der Waals surface area contributed by atoms with Crippen molar-refractivity contribution in [2.75, 3.05) is 6.61 Å². The van der Waals surface area contributed by atoms with Crippen molar-refractivity contribution in [2.45, 2.75) is 29.9 Å². The van der Waals surface area contributed by atoms with Crippen molar-refractivity contribution < 1.29 is 22.3 Å². The van der Waals surface area contributed by atoms with Crippen LogP contribution in [0, 0.1) is 17.6 Å². The van der Waals surface area contributed by atoms with Crippen LogP contribution in [0.25, 0.3) is 0 Å². The number of aliphatic hydroxyl groups excluding tert-OH is 1. The normalized spacial score (nSPS) is 14.3. The lowest BCUT2D eigenvalue weighted by molar-refractivity contribution is 0.211. The Morgan fingerprint density at radius 2 is 1.76 bits per heavy atom. The van der Waals surface area contributed by atoms with Crippen molar-refractivity contribution in [1.29, 1.82) is 0 Å². The summed E-state index contributed by atoms with van der Waals surface area (Å²) in [7, 11) is -4.07. The highest BCUT2D eigenvalue weighted by Gasteiger charge is 2.37. The van der Waals surface area contributed by atoms with Gasteiger partial charge in [0.1, 0.15) is 11.6 Å². The van der Waals surface area contributed by atoms with Crippen LogP contribution in [0.5, 0.6) is 0 Å². The summed E-state index contributed by atoms with van der Waals surface area (Å²) in [6.07, 6.45) is 0.943. The Labute approximate surface area is 151 Å². The zero-order valence-corrected chi connectivity index (χ0v) is 15.2. The molecule has 0 aliphatic heterocycles. The van der Waals surface area contributed by atoms with E-state index in [0.717, 1.165) is 18.2 Å². The molecule has 2 rings (SSSR count). The first-order chi connectivity index (χ1) is 11.8. The minimum atomic E-state index is -4.07. The van der Waals surface area contributed by atoms with Crippen LogP contribution in [0.15, 0.2) is 47.4 Å². The number of sulfone groups is 1. The molecule has 1 N–H and O–H groups in total. The van der Waals surface area contributed by atoms with Gasteiger partial charge in [0.25, 0.3) is 0 Å². The van der Waals surface area contributed by atoms with E-state index in [2.05, 4.69) is 0 Å². The molecule has 2 aromatic carbocycles. The zero-order valence-electron chi connectivity index (χ0n) is 13.6. The third-order valence-corrected chi connectivity index (χ3v) is 6.55. The zero-order chi connectivity index (χ0) is 18.6. The van der Waals surface area contributed by atoms with Crippen LogP contribution in [0.4, 0.5) is 8.78 Å². The highest BCUT2D eigenvalue weighted by molar-refractivity contribution is 7.91. The van der Waals surface area contributed by atoms with Gasteiger partial charge in [-0.05, 0) is 48.9 Å². The van der Waals surface area contributed by atoms with E-state index in [0.29, 0.717) is 17.9 Å².